The number of ketones is 1. The second-order valence-corrected chi connectivity index (χ2v) is 4.90. The number of carbonyl (C=O) groups excluding carboxylic acids is 1. The Morgan fingerprint density at radius 2 is 1.80 bits per heavy atom. The summed E-state index contributed by atoms with van der Waals surface area (Å²) >= 11 is 1.48. The van der Waals surface area contributed by atoms with E-state index in [9.17, 15) is 9.59 Å². The van der Waals surface area contributed by atoms with E-state index in [2.05, 4.69) is 0 Å². The van der Waals surface area contributed by atoms with E-state index in [0.29, 0.717) is 5.56 Å². The summed E-state index contributed by atoms with van der Waals surface area (Å²) in [5.41, 5.74) is 2.26. The lowest BCUT2D eigenvalue weighted by Gasteiger charge is -2.00. The first-order valence-corrected chi connectivity index (χ1v) is 6.83. The normalized spacial score (nSPS) is 11.4. The highest BCUT2D eigenvalue weighted by Crippen LogP contribution is 2.12. The van der Waals surface area contributed by atoms with Gasteiger partial charge in [-0.3, -0.25) is 4.79 Å². The van der Waals surface area contributed by atoms with Crippen molar-refractivity contribution < 1.29 is 14.7 Å². The molecule has 0 saturated heterocycles. The molecule has 1 N–H and O–H groups in total. The molecular weight excluding hydrogens is 274 g/mol. The van der Waals surface area contributed by atoms with Crippen LogP contribution in [-0.2, 0) is 11.8 Å². The van der Waals surface area contributed by atoms with Gasteiger partial charge >= 0.3 is 5.97 Å². The van der Waals surface area contributed by atoms with Gasteiger partial charge in [0.15, 0.2) is 5.78 Å². The third kappa shape index (κ3) is 3.33. The monoisotopic (exact) mass is 287 g/mol. The molecule has 0 aliphatic rings. The first-order valence-electron chi connectivity index (χ1n) is 5.89. The van der Waals surface area contributed by atoms with Crippen LogP contribution < -0.4 is 0 Å². The Morgan fingerprint density at radius 1 is 1.15 bits per heavy atom. The number of aliphatic carboxylic acids is 1. The largest absolute Gasteiger partial charge is 0.478 e. The summed E-state index contributed by atoms with van der Waals surface area (Å²) in [5.74, 6) is -1.04. The number of thiophene rings is 1. The molecule has 2 aromatic heterocycles. The lowest BCUT2D eigenvalue weighted by Crippen LogP contribution is -1.96. The summed E-state index contributed by atoms with van der Waals surface area (Å²) in [6, 6.07) is 5.41. The van der Waals surface area contributed by atoms with E-state index < -0.39 is 5.97 Å². The molecule has 2 rings (SSSR count). The number of carboxylic acids is 1. The molecule has 0 amide bonds. The summed E-state index contributed by atoms with van der Waals surface area (Å²) < 4.78 is 1.82. The Balaban J connectivity index is 2.14. The second kappa shape index (κ2) is 6.16. The van der Waals surface area contributed by atoms with Gasteiger partial charge in [-0.2, -0.15) is 11.3 Å². The highest BCUT2D eigenvalue weighted by molar-refractivity contribution is 7.08. The molecule has 0 aliphatic carbocycles. The van der Waals surface area contributed by atoms with Crippen LogP contribution in [0, 0.1) is 0 Å². The van der Waals surface area contributed by atoms with Gasteiger partial charge in [-0.15, -0.1) is 0 Å². The fourth-order valence-corrected chi connectivity index (χ4v) is 2.34. The average molecular weight is 287 g/mol. The van der Waals surface area contributed by atoms with E-state index >= 15 is 0 Å². The van der Waals surface area contributed by atoms with Gasteiger partial charge in [-0.25, -0.2) is 4.79 Å². The van der Waals surface area contributed by atoms with Crippen LogP contribution in [0.3, 0.4) is 0 Å². The zero-order chi connectivity index (χ0) is 14.5. The number of hydrogen-bond acceptors (Lipinski definition) is 3. The number of allylic oxidation sites excluding steroid dienone is 1. The number of nitrogens with zero attached hydrogens (tertiary/aromatic N) is 1. The lowest BCUT2D eigenvalue weighted by atomic mass is 10.2. The maximum atomic E-state index is 11.8. The molecule has 20 heavy (non-hydrogen) atoms. The van der Waals surface area contributed by atoms with Crippen LogP contribution in [0.25, 0.3) is 12.2 Å². The molecule has 0 bridgehead atoms. The fraction of sp³-hybridized carbons (Fsp3) is 0.0667. The standard InChI is InChI=1S/C15H13NO3S/c1-16-12(2-3-13(16)5-7-15(18)19)4-6-14(17)11-8-9-20-10-11/h2-10H,1H3,(H,18,19)/b6-4+,7-5+. The van der Waals surface area contributed by atoms with Crippen LogP contribution in [-0.4, -0.2) is 21.4 Å². The van der Waals surface area contributed by atoms with Gasteiger partial charge in [0, 0.05) is 35.5 Å². The third-order valence-corrected chi connectivity index (χ3v) is 3.49. The van der Waals surface area contributed by atoms with Crippen molar-refractivity contribution in [1.82, 2.24) is 4.57 Å². The van der Waals surface area contributed by atoms with Gasteiger partial charge in [-0.05, 0) is 41.8 Å². The predicted molar refractivity (Wildman–Crippen MR) is 79.8 cm³/mol. The first kappa shape index (κ1) is 14.0. The van der Waals surface area contributed by atoms with E-state index in [-0.39, 0.29) is 5.78 Å². The van der Waals surface area contributed by atoms with Gasteiger partial charge in [0.2, 0.25) is 0 Å². The minimum atomic E-state index is -0.990. The van der Waals surface area contributed by atoms with Crippen LogP contribution in [0.5, 0.6) is 0 Å². The van der Waals surface area contributed by atoms with E-state index in [0.717, 1.165) is 17.5 Å². The van der Waals surface area contributed by atoms with Crippen molar-refractivity contribution in [2.75, 3.05) is 0 Å². The highest BCUT2D eigenvalue weighted by Gasteiger charge is 2.03. The fourth-order valence-electron chi connectivity index (χ4n) is 1.70. The quantitative estimate of drug-likeness (QED) is 0.679. The van der Waals surface area contributed by atoms with Crippen LogP contribution >= 0.6 is 11.3 Å². The Morgan fingerprint density at radius 3 is 2.35 bits per heavy atom. The van der Waals surface area contributed by atoms with Gasteiger partial charge in [0.1, 0.15) is 0 Å². The number of carboxylic acid groups (broad SMARTS) is 1. The molecule has 0 radical (unpaired) electrons. The van der Waals surface area contributed by atoms with Crippen molar-refractivity contribution in [2.45, 2.75) is 0 Å². The Kier molecular flexibility index (Phi) is 4.32. The lowest BCUT2D eigenvalue weighted by molar-refractivity contribution is -0.131. The number of hydrogen-bond donors (Lipinski definition) is 1. The molecule has 0 atom stereocenters. The third-order valence-electron chi connectivity index (χ3n) is 2.81. The molecule has 0 fully saturated rings. The van der Waals surface area contributed by atoms with Crippen molar-refractivity contribution in [3.63, 3.8) is 0 Å². The minimum Gasteiger partial charge on any atom is -0.478 e. The van der Waals surface area contributed by atoms with Crippen molar-refractivity contribution >= 4 is 35.2 Å². The highest BCUT2D eigenvalue weighted by atomic mass is 32.1. The number of aromatic nitrogens is 1. The van der Waals surface area contributed by atoms with Crippen LogP contribution in [0.1, 0.15) is 21.7 Å². The molecule has 0 saturated carbocycles. The Bertz CT molecular complexity index is 678. The molecule has 0 spiro atoms. The summed E-state index contributed by atoms with van der Waals surface area (Å²) in [6.07, 6.45) is 5.83. The Labute approximate surface area is 120 Å². The summed E-state index contributed by atoms with van der Waals surface area (Å²) in [4.78, 5) is 22.3. The van der Waals surface area contributed by atoms with Crippen molar-refractivity contribution in [3.05, 3.63) is 58.1 Å². The van der Waals surface area contributed by atoms with Crippen LogP contribution in [0.4, 0.5) is 0 Å². The molecule has 2 aromatic rings. The van der Waals surface area contributed by atoms with Crippen LogP contribution in [0.2, 0.25) is 0 Å². The molecule has 102 valence electrons. The smallest absolute Gasteiger partial charge is 0.328 e. The van der Waals surface area contributed by atoms with Gasteiger partial charge in [0.25, 0.3) is 0 Å². The molecule has 0 aromatic carbocycles. The zero-order valence-electron chi connectivity index (χ0n) is 10.8. The molecule has 0 unspecified atom stereocenters. The second-order valence-electron chi connectivity index (χ2n) is 4.12. The first-order chi connectivity index (χ1) is 9.58. The van der Waals surface area contributed by atoms with E-state index in [4.69, 9.17) is 5.11 Å². The molecular formula is C15H13NO3S. The maximum absolute atomic E-state index is 11.8. The average Bonchev–Trinajstić information content (AvgIpc) is 3.04. The van der Waals surface area contributed by atoms with Crippen molar-refractivity contribution in [3.8, 4) is 0 Å². The summed E-state index contributed by atoms with van der Waals surface area (Å²) in [7, 11) is 1.82. The number of carbonyl (C=O) groups is 2. The van der Waals surface area contributed by atoms with Crippen LogP contribution in [0.15, 0.2) is 41.1 Å². The molecule has 5 heteroatoms. The minimum absolute atomic E-state index is 0.0462. The van der Waals surface area contributed by atoms with E-state index in [1.165, 1.54) is 23.5 Å². The molecule has 4 nitrogen and oxygen atoms in total. The maximum Gasteiger partial charge on any atom is 0.328 e. The van der Waals surface area contributed by atoms with Gasteiger partial charge in [-0.1, -0.05) is 0 Å². The predicted octanol–water partition coefficient (Wildman–Crippen LogP) is 3.08. The topological polar surface area (TPSA) is 59.3 Å². The van der Waals surface area contributed by atoms with Crippen molar-refractivity contribution in [2.24, 2.45) is 7.05 Å². The van der Waals surface area contributed by atoms with Crippen molar-refractivity contribution in [1.29, 1.82) is 0 Å². The van der Waals surface area contributed by atoms with E-state index in [1.54, 1.807) is 23.6 Å². The van der Waals surface area contributed by atoms with Gasteiger partial charge < -0.3 is 9.67 Å². The van der Waals surface area contributed by atoms with E-state index in [1.807, 2.05) is 23.1 Å². The molecule has 0 aliphatic heterocycles. The Hall–Kier alpha value is -2.40. The summed E-state index contributed by atoms with van der Waals surface area (Å²) in [5, 5.41) is 12.3. The zero-order valence-corrected chi connectivity index (χ0v) is 11.6. The number of rotatable bonds is 5. The SMILES string of the molecule is Cn1c(/C=C/C(=O)O)ccc1/C=C/C(=O)c1ccsc1. The summed E-state index contributed by atoms with van der Waals surface area (Å²) in [6.45, 7) is 0. The molecule has 2 heterocycles. The van der Waals surface area contributed by atoms with Gasteiger partial charge in [0.05, 0.1) is 0 Å².